The van der Waals surface area contributed by atoms with Crippen molar-refractivity contribution in [1.29, 1.82) is 0 Å². The van der Waals surface area contributed by atoms with E-state index in [9.17, 15) is 4.79 Å². The van der Waals surface area contributed by atoms with Crippen molar-refractivity contribution in [2.24, 2.45) is 0 Å². The number of hydrogen-bond acceptors (Lipinski definition) is 2. The van der Waals surface area contributed by atoms with Gasteiger partial charge in [0, 0.05) is 22.8 Å². The highest BCUT2D eigenvalue weighted by molar-refractivity contribution is 6.30. The molecule has 2 aromatic carbocycles. The Labute approximate surface area is 129 Å². The first-order chi connectivity index (χ1) is 10.1. The lowest BCUT2D eigenvalue weighted by Crippen LogP contribution is -2.26. The average Bonchev–Trinajstić information content (AvgIpc) is 2.94. The Morgan fingerprint density at radius 1 is 1.29 bits per heavy atom. The van der Waals surface area contributed by atoms with E-state index in [0.29, 0.717) is 10.6 Å². The summed E-state index contributed by atoms with van der Waals surface area (Å²) in [4.78, 5) is 12.3. The van der Waals surface area contributed by atoms with Crippen molar-refractivity contribution in [3.63, 3.8) is 0 Å². The molecule has 3 rings (SSSR count). The normalized spacial score (nSPS) is 14.2. The van der Waals surface area contributed by atoms with Gasteiger partial charge in [-0.15, -0.1) is 0 Å². The number of halogens is 1. The third-order valence-electron chi connectivity index (χ3n) is 3.77. The van der Waals surface area contributed by atoms with Crippen LogP contribution >= 0.6 is 11.6 Å². The van der Waals surface area contributed by atoms with E-state index in [1.165, 1.54) is 5.56 Å². The van der Waals surface area contributed by atoms with E-state index in [0.717, 1.165) is 24.2 Å². The average molecular weight is 301 g/mol. The molecule has 1 amide bonds. The second-order valence-corrected chi connectivity index (χ2v) is 5.74. The molecule has 1 atom stereocenters. The Kier molecular flexibility index (Phi) is 3.84. The highest BCUT2D eigenvalue weighted by Crippen LogP contribution is 2.23. The summed E-state index contributed by atoms with van der Waals surface area (Å²) in [6.45, 7) is 2.90. The number of amides is 1. The number of benzene rings is 2. The van der Waals surface area contributed by atoms with E-state index >= 15 is 0 Å². The highest BCUT2D eigenvalue weighted by atomic mass is 35.5. The van der Waals surface area contributed by atoms with Crippen molar-refractivity contribution >= 4 is 23.2 Å². The Balaban J connectivity index is 1.74. The molecule has 1 aliphatic heterocycles. The molecule has 108 valence electrons. The number of carbonyl (C=O) groups is 1. The van der Waals surface area contributed by atoms with E-state index in [4.69, 9.17) is 11.6 Å². The third kappa shape index (κ3) is 3.03. The van der Waals surface area contributed by atoms with Crippen molar-refractivity contribution in [3.8, 4) is 0 Å². The smallest absolute Gasteiger partial charge is 0.251 e. The van der Waals surface area contributed by atoms with Crippen molar-refractivity contribution < 1.29 is 4.79 Å². The maximum absolute atomic E-state index is 12.3. The van der Waals surface area contributed by atoms with Crippen molar-refractivity contribution in [3.05, 3.63) is 64.2 Å². The molecule has 2 aromatic rings. The standard InChI is InChI=1S/C17H17ClN2O/c1-11(12-3-2-4-15(18)10-12)20-17(21)14-5-6-16-13(9-14)7-8-19-16/h2-6,9-11,19H,7-8H2,1H3,(H,20,21). The molecule has 1 unspecified atom stereocenters. The molecule has 0 spiro atoms. The second-order valence-electron chi connectivity index (χ2n) is 5.30. The van der Waals surface area contributed by atoms with Gasteiger partial charge < -0.3 is 10.6 Å². The van der Waals surface area contributed by atoms with Gasteiger partial charge in [0.25, 0.3) is 5.91 Å². The summed E-state index contributed by atoms with van der Waals surface area (Å²) in [6, 6.07) is 13.3. The molecule has 3 nitrogen and oxygen atoms in total. The molecule has 0 bridgehead atoms. The minimum atomic E-state index is -0.0809. The topological polar surface area (TPSA) is 41.1 Å². The number of carbonyl (C=O) groups excluding carboxylic acids is 1. The maximum atomic E-state index is 12.3. The first-order valence-electron chi connectivity index (χ1n) is 7.06. The zero-order valence-electron chi connectivity index (χ0n) is 11.8. The Morgan fingerprint density at radius 2 is 2.14 bits per heavy atom. The van der Waals surface area contributed by atoms with Crippen molar-refractivity contribution in [2.45, 2.75) is 19.4 Å². The fourth-order valence-corrected chi connectivity index (χ4v) is 2.78. The molecular weight excluding hydrogens is 284 g/mol. The maximum Gasteiger partial charge on any atom is 0.251 e. The van der Waals surface area contributed by atoms with Crippen LogP contribution in [0.5, 0.6) is 0 Å². The molecule has 21 heavy (non-hydrogen) atoms. The molecule has 2 N–H and O–H groups in total. The molecule has 4 heteroatoms. The van der Waals surface area contributed by atoms with Gasteiger partial charge in [-0.3, -0.25) is 4.79 Å². The SMILES string of the molecule is CC(NC(=O)c1ccc2c(c1)CCN2)c1cccc(Cl)c1. The molecule has 0 fully saturated rings. The molecule has 0 radical (unpaired) electrons. The van der Waals surface area contributed by atoms with Crippen LogP contribution in [-0.2, 0) is 6.42 Å². The molecule has 0 saturated carbocycles. The molecular formula is C17H17ClN2O. The zero-order valence-corrected chi connectivity index (χ0v) is 12.6. The predicted octanol–water partition coefficient (Wildman–Crippen LogP) is 3.80. The fraction of sp³-hybridized carbons (Fsp3) is 0.235. The number of rotatable bonds is 3. The van der Waals surface area contributed by atoms with Crippen LogP contribution in [0.3, 0.4) is 0 Å². The van der Waals surface area contributed by atoms with E-state index in [1.54, 1.807) is 0 Å². The van der Waals surface area contributed by atoms with Crippen LogP contribution in [0, 0.1) is 0 Å². The highest BCUT2D eigenvalue weighted by Gasteiger charge is 2.15. The minimum absolute atomic E-state index is 0.0582. The summed E-state index contributed by atoms with van der Waals surface area (Å²) in [5.74, 6) is -0.0582. The van der Waals surface area contributed by atoms with Gasteiger partial charge in [-0.1, -0.05) is 23.7 Å². The molecule has 0 aliphatic carbocycles. The van der Waals surface area contributed by atoms with Gasteiger partial charge in [0.05, 0.1) is 6.04 Å². The number of fused-ring (bicyclic) bond motifs is 1. The van der Waals surface area contributed by atoms with Crippen LogP contribution in [0.1, 0.15) is 34.5 Å². The first-order valence-corrected chi connectivity index (χ1v) is 7.44. The van der Waals surface area contributed by atoms with Gasteiger partial charge in [0.15, 0.2) is 0 Å². The van der Waals surface area contributed by atoms with Gasteiger partial charge in [0.1, 0.15) is 0 Å². The van der Waals surface area contributed by atoms with Gasteiger partial charge in [-0.05, 0) is 54.8 Å². The number of nitrogens with one attached hydrogen (secondary N) is 2. The van der Waals surface area contributed by atoms with Crippen LogP contribution < -0.4 is 10.6 Å². The summed E-state index contributed by atoms with van der Waals surface area (Å²) < 4.78 is 0. The fourth-order valence-electron chi connectivity index (χ4n) is 2.59. The lowest BCUT2D eigenvalue weighted by molar-refractivity contribution is 0.0940. The molecule has 1 aliphatic rings. The van der Waals surface area contributed by atoms with Crippen molar-refractivity contribution in [1.82, 2.24) is 5.32 Å². The van der Waals surface area contributed by atoms with E-state index < -0.39 is 0 Å². The van der Waals surface area contributed by atoms with Crippen molar-refractivity contribution in [2.75, 3.05) is 11.9 Å². The summed E-state index contributed by atoms with van der Waals surface area (Å²) in [5, 5.41) is 6.98. The van der Waals surface area contributed by atoms with Crippen LogP contribution in [0.25, 0.3) is 0 Å². The summed E-state index contributed by atoms with van der Waals surface area (Å²) in [5.41, 5.74) is 4.04. The summed E-state index contributed by atoms with van der Waals surface area (Å²) in [7, 11) is 0. The molecule has 1 heterocycles. The van der Waals surface area contributed by atoms with Crippen LogP contribution in [0.4, 0.5) is 5.69 Å². The van der Waals surface area contributed by atoms with Gasteiger partial charge in [-0.2, -0.15) is 0 Å². The Bertz CT molecular complexity index is 684. The van der Waals surface area contributed by atoms with E-state index in [2.05, 4.69) is 10.6 Å². The van der Waals surface area contributed by atoms with Crippen LogP contribution in [-0.4, -0.2) is 12.5 Å². The van der Waals surface area contributed by atoms with Gasteiger partial charge >= 0.3 is 0 Å². The zero-order chi connectivity index (χ0) is 14.8. The quantitative estimate of drug-likeness (QED) is 0.905. The monoisotopic (exact) mass is 300 g/mol. The lowest BCUT2D eigenvalue weighted by Gasteiger charge is -2.15. The van der Waals surface area contributed by atoms with E-state index in [-0.39, 0.29) is 11.9 Å². The van der Waals surface area contributed by atoms with Gasteiger partial charge in [-0.25, -0.2) is 0 Å². The minimum Gasteiger partial charge on any atom is -0.384 e. The molecule has 0 saturated heterocycles. The predicted molar refractivity (Wildman–Crippen MR) is 86.0 cm³/mol. The second kappa shape index (κ2) is 5.78. The Morgan fingerprint density at radius 3 is 2.95 bits per heavy atom. The summed E-state index contributed by atoms with van der Waals surface area (Å²) in [6.07, 6.45) is 0.973. The Hall–Kier alpha value is -2.00. The largest absolute Gasteiger partial charge is 0.384 e. The number of anilines is 1. The molecule has 0 aromatic heterocycles. The van der Waals surface area contributed by atoms with Crippen LogP contribution in [0.15, 0.2) is 42.5 Å². The lowest BCUT2D eigenvalue weighted by atomic mass is 10.1. The van der Waals surface area contributed by atoms with Crippen LogP contribution in [0.2, 0.25) is 5.02 Å². The third-order valence-corrected chi connectivity index (χ3v) is 4.01. The first kappa shape index (κ1) is 14.0. The van der Waals surface area contributed by atoms with E-state index in [1.807, 2.05) is 49.4 Å². The number of hydrogen-bond donors (Lipinski definition) is 2. The summed E-state index contributed by atoms with van der Waals surface area (Å²) >= 11 is 5.99. The van der Waals surface area contributed by atoms with Gasteiger partial charge in [0.2, 0.25) is 0 Å².